The molecule has 1 rings (SSSR count). The van der Waals surface area contributed by atoms with Gasteiger partial charge < -0.3 is 24.8 Å². The van der Waals surface area contributed by atoms with Crippen molar-refractivity contribution >= 4 is 18.2 Å². The average molecular weight is 372 g/mol. The Hall–Kier alpha value is -1.99. The van der Waals surface area contributed by atoms with Gasteiger partial charge in [-0.3, -0.25) is 4.79 Å². The van der Waals surface area contributed by atoms with Crippen molar-refractivity contribution in [3.63, 3.8) is 0 Å². The molecule has 0 bridgehead atoms. The van der Waals surface area contributed by atoms with Gasteiger partial charge in [-0.2, -0.15) is 0 Å². The first-order valence-corrected chi connectivity index (χ1v) is 8.87. The Morgan fingerprint density at radius 1 is 0.808 bits per heavy atom. The number of methoxy groups -OCH3 is 1. The summed E-state index contributed by atoms with van der Waals surface area (Å²) in [6.45, 7) is 10.6. The molecule has 0 heterocycles. The second-order valence-electron chi connectivity index (χ2n) is 8.54. The van der Waals surface area contributed by atoms with Gasteiger partial charge >= 0.3 is 18.2 Å². The number of rotatable bonds is 3. The zero-order valence-corrected chi connectivity index (χ0v) is 16.8. The molecule has 2 amide bonds. The van der Waals surface area contributed by atoms with Gasteiger partial charge in [-0.1, -0.05) is 0 Å². The van der Waals surface area contributed by atoms with Crippen molar-refractivity contribution in [2.45, 2.75) is 84.1 Å². The highest BCUT2D eigenvalue weighted by molar-refractivity contribution is 5.73. The van der Waals surface area contributed by atoms with Gasteiger partial charge in [0.2, 0.25) is 0 Å². The summed E-state index contributed by atoms with van der Waals surface area (Å²) in [5, 5.41) is 5.55. The van der Waals surface area contributed by atoms with Gasteiger partial charge in [-0.05, 0) is 60.8 Å². The van der Waals surface area contributed by atoms with Gasteiger partial charge in [0.15, 0.2) is 0 Å². The number of hydrogen-bond donors (Lipinski definition) is 2. The summed E-state index contributed by atoms with van der Waals surface area (Å²) in [4.78, 5) is 36.1. The van der Waals surface area contributed by atoms with Crippen LogP contribution in [0.25, 0.3) is 0 Å². The van der Waals surface area contributed by atoms with Crippen LogP contribution in [-0.2, 0) is 19.0 Å². The number of esters is 1. The summed E-state index contributed by atoms with van der Waals surface area (Å²) >= 11 is 0. The van der Waals surface area contributed by atoms with Crippen LogP contribution in [-0.4, -0.2) is 48.6 Å². The molecular formula is C18H32N2O6. The van der Waals surface area contributed by atoms with E-state index in [1.807, 2.05) is 0 Å². The molecule has 1 fully saturated rings. The number of nitrogens with one attached hydrogen (secondary N) is 2. The van der Waals surface area contributed by atoms with Crippen molar-refractivity contribution in [2.24, 2.45) is 5.92 Å². The minimum atomic E-state index is -0.644. The molecule has 26 heavy (non-hydrogen) atoms. The molecule has 150 valence electrons. The Balaban J connectivity index is 2.80. The third kappa shape index (κ3) is 7.93. The molecule has 0 spiro atoms. The maximum absolute atomic E-state index is 12.1. The van der Waals surface area contributed by atoms with E-state index < -0.39 is 29.4 Å². The Labute approximate surface area is 155 Å². The van der Waals surface area contributed by atoms with Crippen LogP contribution in [0.15, 0.2) is 0 Å². The van der Waals surface area contributed by atoms with E-state index in [2.05, 4.69) is 10.6 Å². The summed E-state index contributed by atoms with van der Waals surface area (Å²) in [6.07, 6.45) is 0.268. The van der Waals surface area contributed by atoms with Crippen LogP contribution in [0.3, 0.4) is 0 Å². The summed E-state index contributed by atoms with van der Waals surface area (Å²) in [6, 6.07) is -0.825. The molecule has 0 aromatic rings. The molecule has 0 aromatic heterocycles. The van der Waals surface area contributed by atoms with E-state index in [-0.39, 0.29) is 17.9 Å². The lowest BCUT2D eigenvalue weighted by molar-refractivity contribution is -0.147. The molecule has 0 aliphatic heterocycles. The van der Waals surface area contributed by atoms with Crippen LogP contribution in [0.4, 0.5) is 9.59 Å². The maximum atomic E-state index is 12.1. The molecule has 1 aliphatic rings. The molecule has 8 heteroatoms. The highest BCUT2D eigenvalue weighted by Gasteiger charge is 2.37. The fourth-order valence-electron chi connectivity index (χ4n) is 2.80. The SMILES string of the molecule is COC(=O)[C@H]1CC[C@@H](NC(=O)OC(C)(C)C)[C@H](NC(=O)OC(C)(C)C)C1. The first-order valence-electron chi connectivity index (χ1n) is 8.87. The minimum Gasteiger partial charge on any atom is -0.469 e. The topological polar surface area (TPSA) is 103 Å². The first kappa shape index (κ1) is 22.1. The Morgan fingerprint density at radius 2 is 1.27 bits per heavy atom. The van der Waals surface area contributed by atoms with E-state index in [1.54, 1.807) is 41.5 Å². The summed E-state index contributed by atoms with van der Waals surface area (Å²) in [5.41, 5.74) is -1.27. The Bertz CT molecular complexity index is 521. The molecule has 1 aliphatic carbocycles. The molecule has 0 radical (unpaired) electrons. The van der Waals surface area contributed by atoms with Crippen molar-refractivity contribution in [1.29, 1.82) is 0 Å². The number of carbonyl (C=O) groups excluding carboxylic acids is 3. The number of alkyl carbamates (subject to hydrolysis) is 2. The zero-order chi connectivity index (χ0) is 20.1. The van der Waals surface area contributed by atoms with E-state index in [0.29, 0.717) is 19.3 Å². The van der Waals surface area contributed by atoms with Crippen LogP contribution >= 0.6 is 0 Å². The van der Waals surface area contributed by atoms with Crippen LogP contribution in [0.1, 0.15) is 60.8 Å². The molecular weight excluding hydrogens is 340 g/mol. The second kappa shape index (κ2) is 8.60. The van der Waals surface area contributed by atoms with Gasteiger partial charge in [-0.15, -0.1) is 0 Å². The number of ether oxygens (including phenoxy) is 3. The maximum Gasteiger partial charge on any atom is 0.407 e. The van der Waals surface area contributed by atoms with Gasteiger partial charge in [0.25, 0.3) is 0 Å². The van der Waals surface area contributed by atoms with Crippen molar-refractivity contribution in [3.8, 4) is 0 Å². The predicted molar refractivity (Wildman–Crippen MR) is 95.7 cm³/mol. The van der Waals surface area contributed by atoms with Crippen LogP contribution < -0.4 is 10.6 Å². The lowest BCUT2D eigenvalue weighted by Crippen LogP contribution is -2.56. The molecule has 3 atom stereocenters. The summed E-state index contributed by atoms with van der Waals surface area (Å²) in [5.74, 6) is -0.659. The fourth-order valence-corrected chi connectivity index (χ4v) is 2.80. The number of carbonyl (C=O) groups is 3. The molecule has 0 aromatic carbocycles. The fraction of sp³-hybridized carbons (Fsp3) is 0.833. The molecule has 1 saturated carbocycles. The van der Waals surface area contributed by atoms with Gasteiger partial charge in [0.1, 0.15) is 11.2 Å². The monoisotopic (exact) mass is 372 g/mol. The van der Waals surface area contributed by atoms with E-state index in [0.717, 1.165) is 0 Å². The van der Waals surface area contributed by atoms with Gasteiger partial charge in [-0.25, -0.2) is 9.59 Å². The van der Waals surface area contributed by atoms with Crippen LogP contribution in [0, 0.1) is 5.92 Å². The minimum absolute atomic E-state index is 0.322. The lowest BCUT2D eigenvalue weighted by Gasteiger charge is -2.36. The van der Waals surface area contributed by atoms with E-state index >= 15 is 0 Å². The number of amides is 2. The smallest absolute Gasteiger partial charge is 0.407 e. The van der Waals surface area contributed by atoms with E-state index in [9.17, 15) is 14.4 Å². The average Bonchev–Trinajstić information content (AvgIpc) is 2.44. The van der Waals surface area contributed by atoms with E-state index in [4.69, 9.17) is 14.2 Å². The van der Waals surface area contributed by atoms with Crippen LogP contribution in [0.2, 0.25) is 0 Å². The largest absolute Gasteiger partial charge is 0.469 e. The van der Waals surface area contributed by atoms with Crippen molar-refractivity contribution in [3.05, 3.63) is 0 Å². The summed E-state index contributed by atoms with van der Waals surface area (Å²) < 4.78 is 15.4. The Morgan fingerprint density at radius 3 is 1.69 bits per heavy atom. The van der Waals surface area contributed by atoms with E-state index in [1.165, 1.54) is 7.11 Å². The normalized spacial score (nSPS) is 23.6. The second-order valence-corrected chi connectivity index (χ2v) is 8.54. The van der Waals surface area contributed by atoms with Crippen molar-refractivity contribution in [1.82, 2.24) is 10.6 Å². The van der Waals surface area contributed by atoms with Gasteiger partial charge in [0.05, 0.1) is 25.1 Å². The summed E-state index contributed by atoms with van der Waals surface area (Å²) in [7, 11) is 1.34. The first-order chi connectivity index (χ1) is 11.8. The third-order valence-electron chi connectivity index (χ3n) is 3.79. The number of hydrogen-bond acceptors (Lipinski definition) is 6. The predicted octanol–water partition coefficient (Wildman–Crippen LogP) is 2.75. The Kier molecular flexibility index (Phi) is 7.29. The van der Waals surface area contributed by atoms with Crippen molar-refractivity contribution < 1.29 is 28.6 Å². The quantitative estimate of drug-likeness (QED) is 0.583. The highest BCUT2D eigenvalue weighted by atomic mass is 16.6. The molecule has 0 unspecified atom stereocenters. The molecule has 8 nitrogen and oxygen atoms in total. The van der Waals surface area contributed by atoms with Gasteiger partial charge in [0, 0.05) is 0 Å². The standard InChI is InChI=1S/C18H32N2O6/c1-17(2,3)25-15(22)19-12-9-8-11(14(21)24-7)10-13(12)20-16(23)26-18(4,5)6/h11-13H,8-10H2,1-7H3,(H,19,22)(H,20,23)/t11-,12+,13+/m0/s1. The lowest BCUT2D eigenvalue weighted by atomic mass is 9.82. The zero-order valence-electron chi connectivity index (χ0n) is 16.8. The third-order valence-corrected chi connectivity index (χ3v) is 3.79. The van der Waals surface area contributed by atoms with Crippen LogP contribution in [0.5, 0.6) is 0 Å². The molecule has 0 saturated heterocycles. The molecule has 2 N–H and O–H groups in total. The van der Waals surface area contributed by atoms with Crippen molar-refractivity contribution in [2.75, 3.05) is 7.11 Å². The highest BCUT2D eigenvalue weighted by Crippen LogP contribution is 2.26.